The summed E-state index contributed by atoms with van der Waals surface area (Å²) in [6, 6.07) is 5.02. The van der Waals surface area contributed by atoms with Gasteiger partial charge in [-0.1, -0.05) is 13.0 Å². The Bertz CT molecular complexity index is 506. The minimum Gasteiger partial charge on any atom is -0.370 e. The fraction of sp³-hybridized carbons (Fsp3) is 0.588. The molecule has 1 saturated carbocycles. The molecule has 1 aromatic rings. The highest BCUT2D eigenvalue weighted by atomic mass is 19.1. The molecule has 1 aromatic carbocycles. The Morgan fingerprint density at radius 1 is 1.40 bits per heavy atom. The predicted octanol–water partition coefficient (Wildman–Crippen LogP) is 3.58. The molecule has 0 amide bonds. The fourth-order valence-electron chi connectivity index (χ4n) is 3.61. The number of fused-ring (bicyclic) bond motifs is 1. The number of aldehydes is 1. The van der Waals surface area contributed by atoms with Crippen LogP contribution in [-0.2, 0) is 11.2 Å². The largest absolute Gasteiger partial charge is 0.370 e. The lowest BCUT2D eigenvalue weighted by atomic mass is 9.71. The van der Waals surface area contributed by atoms with Crippen LogP contribution in [0.1, 0.15) is 38.2 Å². The highest BCUT2D eigenvalue weighted by molar-refractivity contribution is 5.64. The average molecular weight is 275 g/mol. The Kier molecular flexibility index (Phi) is 3.53. The van der Waals surface area contributed by atoms with Crippen LogP contribution in [0.3, 0.4) is 0 Å². The van der Waals surface area contributed by atoms with E-state index in [1.807, 2.05) is 6.07 Å². The van der Waals surface area contributed by atoms with Crippen molar-refractivity contribution in [2.24, 2.45) is 11.3 Å². The number of rotatable bonds is 3. The minimum atomic E-state index is -0.222. The smallest absolute Gasteiger partial charge is 0.127 e. The fourth-order valence-corrected chi connectivity index (χ4v) is 3.61. The summed E-state index contributed by atoms with van der Waals surface area (Å²) in [5, 5.41) is 0. The molecule has 20 heavy (non-hydrogen) atoms. The Balaban J connectivity index is 1.79. The second-order valence-electron chi connectivity index (χ2n) is 6.61. The van der Waals surface area contributed by atoms with Crippen molar-refractivity contribution in [1.29, 1.82) is 0 Å². The van der Waals surface area contributed by atoms with Gasteiger partial charge in [0.05, 0.1) is 0 Å². The third kappa shape index (κ3) is 2.46. The summed E-state index contributed by atoms with van der Waals surface area (Å²) in [7, 11) is 0. The van der Waals surface area contributed by atoms with Gasteiger partial charge in [-0.25, -0.2) is 4.39 Å². The number of carbonyl (C=O) groups excluding carboxylic acids is 1. The second kappa shape index (κ2) is 5.19. The van der Waals surface area contributed by atoms with Gasteiger partial charge in [0.1, 0.15) is 12.1 Å². The number of halogens is 1. The van der Waals surface area contributed by atoms with E-state index in [0.717, 1.165) is 63.1 Å². The van der Waals surface area contributed by atoms with E-state index < -0.39 is 0 Å². The monoisotopic (exact) mass is 275 g/mol. The Morgan fingerprint density at radius 3 is 2.85 bits per heavy atom. The van der Waals surface area contributed by atoms with Gasteiger partial charge in [0.15, 0.2) is 0 Å². The summed E-state index contributed by atoms with van der Waals surface area (Å²) in [6.07, 6.45) is 6.32. The molecule has 1 fully saturated rings. The molecule has 1 heterocycles. The predicted molar refractivity (Wildman–Crippen MR) is 78.4 cm³/mol. The Hall–Kier alpha value is -1.38. The van der Waals surface area contributed by atoms with E-state index in [4.69, 9.17) is 0 Å². The van der Waals surface area contributed by atoms with Crippen LogP contribution in [0.15, 0.2) is 18.2 Å². The van der Waals surface area contributed by atoms with E-state index in [1.165, 1.54) is 11.6 Å². The molecule has 0 spiro atoms. The van der Waals surface area contributed by atoms with Crippen LogP contribution in [-0.4, -0.2) is 19.4 Å². The Morgan fingerprint density at radius 2 is 2.15 bits per heavy atom. The lowest BCUT2D eigenvalue weighted by Gasteiger charge is -2.38. The van der Waals surface area contributed by atoms with E-state index in [9.17, 15) is 9.18 Å². The van der Waals surface area contributed by atoms with E-state index in [1.54, 1.807) is 6.07 Å². The molecule has 0 radical (unpaired) electrons. The second-order valence-corrected chi connectivity index (χ2v) is 6.61. The summed E-state index contributed by atoms with van der Waals surface area (Å²) in [5.41, 5.74) is 1.97. The van der Waals surface area contributed by atoms with E-state index >= 15 is 0 Å². The summed E-state index contributed by atoms with van der Waals surface area (Å²) in [4.78, 5) is 13.9. The maximum absolute atomic E-state index is 13.4. The van der Waals surface area contributed by atoms with Crippen LogP contribution in [0.4, 0.5) is 10.1 Å². The van der Waals surface area contributed by atoms with Crippen LogP contribution in [0, 0.1) is 17.2 Å². The quantitative estimate of drug-likeness (QED) is 0.786. The number of carbonyl (C=O) groups is 1. The number of nitrogens with zero attached hydrogens (tertiary/aromatic N) is 1. The first-order valence-corrected chi connectivity index (χ1v) is 7.62. The number of hydrogen-bond donors (Lipinski definition) is 0. The normalized spacial score (nSPS) is 29.3. The first-order chi connectivity index (χ1) is 9.62. The van der Waals surface area contributed by atoms with Gasteiger partial charge in [0.2, 0.25) is 0 Å². The maximum atomic E-state index is 13.4. The lowest BCUT2D eigenvalue weighted by molar-refractivity contribution is -0.117. The number of anilines is 1. The van der Waals surface area contributed by atoms with Crippen molar-refractivity contribution in [3.63, 3.8) is 0 Å². The zero-order valence-corrected chi connectivity index (χ0v) is 12.1. The minimum absolute atomic E-state index is 0.187. The highest BCUT2D eigenvalue weighted by Gasteiger charge is 2.37. The van der Waals surface area contributed by atoms with Crippen molar-refractivity contribution >= 4 is 12.0 Å². The molecule has 2 nitrogen and oxygen atoms in total. The average Bonchev–Trinajstić information content (AvgIpc) is 2.84. The molecular weight excluding hydrogens is 253 g/mol. The molecule has 1 aliphatic heterocycles. The van der Waals surface area contributed by atoms with Crippen molar-refractivity contribution in [3.05, 3.63) is 29.6 Å². The van der Waals surface area contributed by atoms with Gasteiger partial charge < -0.3 is 9.69 Å². The first-order valence-electron chi connectivity index (χ1n) is 7.62. The van der Waals surface area contributed by atoms with E-state index in [0.29, 0.717) is 0 Å². The van der Waals surface area contributed by atoms with Crippen LogP contribution >= 0.6 is 0 Å². The lowest BCUT2D eigenvalue weighted by Crippen LogP contribution is -2.40. The standard InChI is InChI=1S/C17H22FNO/c1-13-4-7-17(12-20,8-5-13)11-19-9-6-14-2-3-15(18)10-16(14)19/h2-3,10,12-13H,4-9,11H2,1H3. The van der Waals surface area contributed by atoms with Crippen molar-refractivity contribution < 1.29 is 9.18 Å². The van der Waals surface area contributed by atoms with E-state index in [-0.39, 0.29) is 11.2 Å². The van der Waals surface area contributed by atoms with Crippen molar-refractivity contribution in [2.75, 3.05) is 18.0 Å². The summed E-state index contributed by atoms with van der Waals surface area (Å²) in [5.74, 6) is 0.541. The first kappa shape index (κ1) is 13.6. The molecule has 1 aliphatic carbocycles. The van der Waals surface area contributed by atoms with Crippen molar-refractivity contribution in [1.82, 2.24) is 0 Å². The molecule has 0 unspecified atom stereocenters. The molecule has 3 heteroatoms. The zero-order valence-electron chi connectivity index (χ0n) is 12.1. The number of hydrogen-bond acceptors (Lipinski definition) is 2. The van der Waals surface area contributed by atoms with Gasteiger partial charge in [0, 0.05) is 24.2 Å². The van der Waals surface area contributed by atoms with Gasteiger partial charge in [0.25, 0.3) is 0 Å². The molecule has 3 rings (SSSR count). The zero-order chi connectivity index (χ0) is 14.2. The van der Waals surface area contributed by atoms with Gasteiger partial charge in [-0.15, -0.1) is 0 Å². The third-order valence-electron chi connectivity index (χ3n) is 5.06. The summed E-state index contributed by atoms with van der Waals surface area (Å²) >= 11 is 0. The molecule has 0 aromatic heterocycles. The molecule has 2 aliphatic rings. The van der Waals surface area contributed by atoms with Crippen LogP contribution in [0.2, 0.25) is 0 Å². The van der Waals surface area contributed by atoms with Gasteiger partial charge in [-0.2, -0.15) is 0 Å². The van der Waals surface area contributed by atoms with Crippen LogP contribution < -0.4 is 4.90 Å². The summed E-state index contributed by atoms with van der Waals surface area (Å²) < 4.78 is 13.4. The number of benzene rings is 1. The van der Waals surface area contributed by atoms with Crippen LogP contribution in [0.25, 0.3) is 0 Å². The van der Waals surface area contributed by atoms with Gasteiger partial charge >= 0.3 is 0 Å². The summed E-state index contributed by atoms with van der Waals surface area (Å²) in [6.45, 7) is 3.92. The van der Waals surface area contributed by atoms with Crippen molar-refractivity contribution in [3.8, 4) is 0 Å². The van der Waals surface area contributed by atoms with E-state index in [2.05, 4.69) is 11.8 Å². The maximum Gasteiger partial charge on any atom is 0.127 e. The van der Waals surface area contributed by atoms with Gasteiger partial charge in [-0.05, 0) is 55.7 Å². The molecule has 0 bridgehead atoms. The molecule has 0 saturated heterocycles. The SMILES string of the molecule is CC1CCC(C=O)(CN2CCc3ccc(F)cc32)CC1. The van der Waals surface area contributed by atoms with Crippen LogP contribution in [0.5, 0.6) is 0 Å². The van der Waals surface area contributed by atoms with Crippen molar-refractivity contribution in [2.45, 2.75) is 39.0 Å². The molecule has 0 atom stereocenters. The highest BCUT2D eigenvalue weighted by Crippen LogP contribution is 2.40. The molecular formula is C17H22FNO. The molecule has 108 valence electrons. The molecule has 0 N–H and O–H groups in total. The third-order valence-corrected chi connectivity index (χ3v) is 5.06. The topological polar surface area (TPSA) is 20.3 Å². The van der Waals surface area contributed by atoms with Gasteiger partial charge in [-0.3, -0.25) is 0 Å². The Labute approximate surface area is 120 Å².